The van der Waals surface area contributed by atoms with E-state index in [0.717, 1.165) is 29.2 Å². The zero-order valence-corrected chi connectivity index (χ0v) is 14.5. The van der Waals surface area contributed by atoms with Gasteiger partial charge in [-0.05, 0) is 49.7 Å². The second-order valence-corrected chi connectivity index (χ2v) is 7.35. The molecule has 0 spiro atoms. The summed E-state index contributed by atoms with van der Waals surface area (Å²) in [7, 11) is 0. The first kappa shape index (κ1) is 16.2. The number of fused-ring (bicyclic) bond motifs is 2. The van der Waals surface area contributed by atoms with E-state index in [9.17, 15) is 9.59 Å². The molecule has 2 aliphatic rings. The fourth-order valence-corrected chi connectivity index (χ4v) is 4.17. The molecule has 1 atom stereocenters. The van der Waals surface area contributed by atoms with Gasteiger partial charge in [0.2, 0.25) is 0 Å². The third-order valence-corrected chi connectivity index (χ3v) is 5.66. The molecule has 5 nitrogen and oxygen atoms in total. The number of carbonyl (C=O) groups is 2. The van der Waals surface area contributed by atoms with E-state index in [2.05, 4.69) is 16.0 Å². The number of benzene rings is 2. The highest BCUT2D eigenvalue weighted by Gasteiger charge is 2.21. The summed E-state index contributed by atoms with van der Waals surface area (Å²) in [5.74, 6) is -0.257. The summed E-state index contributed by atoms with van der Waals surface area (Å²) in [5, 5.41) is 9.25. The van der Waals surface area contributed by atoms with Crippen molar-refractivity contribution in [3.8, 4) is 0 Å². The topological polar surface area (TPSA) is 70.2 Å². The minimum atomic E-state index is -0.144. The summed E-state index contributed by atoms with van der Waals surface area (Å²) in [6.07, 6.45) is 2.25. The van der Waals surface area contributed by atoms with Crippen LogP contribution in [0.3, 0.4) is 0 Å². The SMILES string of the molecule is O=C(NCC1CCCN1)c1ccc2c(c1)NC(=O)c1ccccc1S2. The Morgan fingerprint density at radius 1 is 1.20 bits per heavy atom. The molecule has 0 aromatic heterocycles. The van der Waals surface area contributed by atoms with E-state index in [-0.39, 0.29) is 11.8 Å². The average molecular weight is 353 g/mol. The third-order valence-electron chi connectivity index (χ3n) is 4.51. The quantitative estimate of drug-likeness (QED) is 0.794. The van der Waals surface area contributed by atoms with Gasteiger partial charge in [-0.15, -0.1) is 0 Å². The molecular formula is C19H19N3O2S. The molecule has 25 heavy (non-hydrogen) atoms. The van der Waals surface area contributed by atoms with Crippen molar-refractivity contribution < 1.29 is 9.59 Å². The zero-order chi connectivity index (χ0) is 17.2. The molecule has 0 saturated carbocycles. The smallest absolute Gasteiger partial charge is 0.256 e. The number of anilines is 1. The molecule has 128 valence electrons. The Bertz CT molecular complexity index is 831. The molecule has 2 aromatic carbocycles. The van der Waals surface area contributed by atoms with Crippen LogP contribution in [0.2, 0.25) is 0 Å². The summed E-state index contributed by atoms with van der Waals surface area (Å²) < 4.78 is 0. The lowest BCUT2D eigenvalue weighted by atomic mass is 10.1. The Kier molecular flexibility index (Phi) is 4.46. The van der Waals surface area contributed by atoms with Crippen LogP contribution in [0.1, 0.15) is 33.6 Å². The van der Waals surface area contributed by atoms with Crippen LogP contribution in [0.15, 0.2) is 52.3 Å². The van der Waals surface area contributed by atoms with Crippen LogP contribution in [-0.2, 0) is 0 Å². The summed E-state index contributed by atoms with van der Waals surface area (Å²) in [5.41, 5.74) is 1.89. The first-order valence-electron chi connectivity index (χ1n) is 8.44. The molecule has 2 aromatic rings. The standard InChI is InChI=1S/C19H19N3O2S/c23-18(21-11-13-4-3-9-20-13)12-7-8-17-15(10-12)22-19(24)14-5-1-2-6-16(14)25-17/h1-2,5-8,10,13,20H,3-4,9,11H2,(H,21,23)(H,22,24). The van der Waals surface area contributed by atoms with Gasteiger partial charge in [0.25, 0.3) is 11.8 Å². The highest BCUT2D eigenvalue weighted by Crippen LogP contribution is 2.38. The van der Waals surface area contributed by atoms with E-state index >= 15 is 0 Å². The lowest BCUT2D eigenvalue weighted by Crippen LogP contribution is -2.37. The van der Waals surface area contributed by atoms with Crippen molar-refractivity contribution in [2.45, 2.75) is 28.7 Å². The second kappa shape index (κ2) is 6.90. The predicted molar refractivity (Wildman–Crippen MR) is 98.3 cm³/mol. The summed E-state index contributed by atoms with van der Waals surface area (Å²) in [6, 6.07) is 13.3. The molecule has 0 radical (unpaired) electrons. The van der Waals surface area contributed by atoms with Crippen molar-refractivity contribution in [2.24, 2.45) is 0 Å². The molecule has 2 amide bonds. The van der Waals surface area contributed by atoms with Gasteiger partial charge in [-0.1, -0.05) is 23.9 Å². The first-order valence-corrected chi connectivity index (χ1v) is 9.26. The van der Waals surface area contributed by atoms with E-state index in [4.69, 9.17) is 0 Å². The largest absolute Gasteiger partial charge is 0.350 e. The monoisotopic (exact) mass is 353 g/mol. The molecule has 0 bridgehead atoms. The average Bonchev–Trinajstić information content (AvgIpc) is 3.10. The van der Waals surface area contributed by atoms with Crippen LogP contribution >= 0.6 is 11.8 Å². The maximum atomic E-state index is 12.4. The normalized spacial score (nSPS) is 18.7. The van der Waals surface area contributed by atoms with Crippen molar-refractivity contribution in [1.29, 1.82) is 0 Å². The van der Waals surface area contributed by atoms with Gasteiger partial charge in [-0.3, -0.25) is 9.59 Å². The maximum absolute atomic E-state index is 12.4. The first-order chi connectivity index (χ1) is 12.2. The summed E-state index contributed by atoms with van der Waals surface area (Å²) >= 11 is 1.54. The van der Waals surface area contributed by atoms with Crippen molar-refractivity contribution >= 4 is 29.3 Å². The summed E-state index contributed by atoms with van der Waals surface area (Å²) in [4.78, 5) is 26.7. The van der Waals surface area contributed by atoms with Crippen molar-refractivity contribution in [3.63, 3.8) is 0 Å². The zero-order valence-electron chi connectivity index (χ0n) is 13.7. The molecule has 2 heterocycles. The minimum Gasteiger partial charge on any atom is -0.350 e. The highest BCUT2D eigenvalue weighted by atomic mass is 32.2. The van der Waals surface area contributed by atoms with E-state index in [0.29, 0.717) is 29.4 Å². The Labute approximate surface area is 150 Å². The van der Waals surface area contributed by atoms with Gasteiger partial charge in [0.15, 0.2) is 0 Å². The molecule has 1 fully saturated rings. The Morgan fingerprint density at radius 2 is 2.08 bits per heavy atom. The Balaban J connectivity index is 1.53. The number of carbonyl (C=O) groups excluding carboxylic acids is 2. The molecule has 2 aliphatic heterocycles. The fourth-order valence-electron chi connectivity index (χ4n) is 3.16. The van der Waals surface area contributed by atoms with Crippen LogP contribution in [0.5, 0.6) is 0 Å². The maximum Gasteiger partial charge on any atom is 0.256 e. The fraction of sp³-hybridized carbons (Fsp3) is 0.263. The van der Waals surface area contributed by atoms with Crippen LogP contribution in [0.25, 0.3) is 0 Å². The predicted octanol–water partition coefficient (Wildman–Crippen LogP) is 2.89. The van der Waals surface area contributed by atoms with Gasteiger partial charge in [-0.2, -0.15) is 0 Å². The molecule has 3 N–H and O–H groups in total. The van der Waals surface area contributed by atoms with Crippen LogP contribution < -0.4 is 16.0 Å². The van der Waals surface area contributed by atoms with Crippen molar-refractivity contribution in [1.82, 2.24) is 10.6 Å². The minimum absolute atomic E-state index is 0.113. The van der Waals surface area contributed by atoms with Crippen LogP contribution in [-0.4, -0.2) is 30.9 Å². The summed E-state index contributed by atoms with van der Waals surface area (Å²) in [6.45, 7) is 1.64. The van der Waals surface area contributed by atoms with E-state index < -0.39 is 0 Å². The number of amides is 2. The van der Waals surface area contributed by atoms with Gasteiger partial charge in [-0.25, -0.2) is 0 Å². The van der Waals surface area contributed by atoms with Crippen molar-refractivity contribution in [3.05, 3.63) is 53.6 Å². The molecule has 1 unspecified atom stereocenters. The van der Waals surface area contributed by atoms with Crippen molar-refractivity contribution in [2.75, 3.05) is 18.4 Å². The lowest BCUT2D eigenvalue weighted by molar-refractivity contribution is 0.0949. The van der Waals surface area contributed by atoms with E-state index in [1.165, 1.54) is 11.8 Å². The van der Waals surface area contributed by atoms with Crippen LogP contribution in [0, 0.1) is 0 Å². The third kappa shape index (κ3) is 3.41. The van der Waals surface area contributed by atoms with Gasteiger partial charge >= 0.3 is 0 Å². The number of rotatable bonds is 3. The van der Waals surface area contributed by atoms with Gasteiger partial charge < -0.3 is 16.0 Å². The second-order valence-electron chi connectivity index (χ2n) is 6.27. The highest BCUT2D eigenvalue weighted by molar-refractivity contribution is 7.99. The number of nitrogens with one attached hydrogen (secondary N) is 3. The lowest BCUT2D eigenvalue weighted by Gasteiger charge is -2.13. The van der Waals surface area contributed by atoms with E-state index in [1.54, 1.807) is 6.07 Å². The molecule has 1 saturated heterocycles. The Morgan fingerprint density at radius 3 is 2.92 bits per heavy atom. The molecular weight excluding hydrogens is 334 g/mol. The van der Waals surface area contributed by atoms with Crippen LogP contribution in [0.4, 0.5) is 5.69 Å². The molecule has 6 heteroatoms. The van der Waals surface area contributed by atoms with E-state index in [1.807, 2.05) is 36.4 Å². The Hall–Kier alpha value is -2.31. The number of hydrogen-bond donors (Lipinski definition) is 3. The number of hydrogen-bond acceptors (Lipinski definition) is 4. The molecule has 4 rings (SSSR count). The van der Waals surface area contributed by atoms with Gasteiger partial charge in [0.05, 0.1) is 11.3 Å². The molecule has 0 aliphatic carbocycles. The van der Waals surface area contributed by atoms with Gasteiger partial charge in [0.1, 0.15) is 0 Å². The van der Waals surface area contributed by atoms with Gasteiger partial charge in [0, 0.05) is 27.9 Å².